The van der Waals surface area contributed by atoms with Crippen LogP contribution in [-0.2, 0) is 4.79 Å². The Hall–Kier alpha value is -1.30. The Morgan fingerprint density at radius 1 is 1.69 bits per heavy atom. The molecule has 0 aromatic heterocycles. The Bertz CT molecular complexity index is 268. The zero-order chi connectivity index (χ0) is 12.0. The van der Waals surface area contributed by atoms with Gasteiger partial charge in [-0.2, -0.15) is 0 Å². The number of oxime groups is 1. The molecular formula is C10H20N4O2. The standard InChI is InChI=1S/C10H20N4O2/c1-2-14-5-3-4-8(14)7-12-10(15)6-9(11)13-16/h8,16H,2-7H2,1H3,(H2,11,13)(H,12,15). The van der Waals surface area contributed by atoms with Gasteiger partial charge in [0.25, 0.3) is 0 Å². The van der Waals surface area contributed by atoms with Crippen LogP contribution < -0.4 is 11.1 Å². The average molecular weight is 228 g/mol. The van der Waals surface area contributed by atoms with E-state index in [1.807, 2.05) is 0 Å². The third-order valence-corrected chi connectivity index (χ3v) is 2.91. The van der Waals surface area contributed by atoms with Crippen molar-refractivity contribution in [2.24, 2.45) is 10.9 Å². The average Bonchev–Trinajstić information content (AvgIpc) is 2.73. The summed E-state index contributed by atoms with van der Waals surface area (Å²) >= 11 is 0. The molecule has 1 unspecified atom stereocenters. The van der Waals surface area contributed by atoms with Crippen LogP contribution >= 0.6 is 0 Å². The highest BCUT2D eigenvalue weighted by atomic mass is 16.4. The number of carbonyl (C=O) groups is 1. The number of hydrogen-bond acceptors (Lipinski definition) is 4. The summed E-state index contributed by atoms with van der Waals surface area (Å²) < 4.78 is 0. The molecule has 6 nitrogen and oxygen atoms in total. The van der Waals surface area contributed by atoms with Gasteiger partial charge in [-0.3, -0.25) is 9.69 Å². The first-order valence-corrected chi connectivity index (χ1v) is 5.64. The fourth-order valence-corrected chi connectivity index (χ4v) is 2.04. The molecule has 0 aliphatic carbocycles. The molecule has 1 atom stereocenters. The number of nitrogens with one attached hydrogen (secondary N) is 1. The van der Waals surface area contributed by atoms with Gasteiger partial charge in [-0.25, -0.2) is 0 Å². The number of hydrogen-bond donors (Lipinski definition) is 3. The van der Waals surface area contributed by atoms with Crippen molar-refractivity contribution in [2.45, 2.75) is 32.2 Å². The fraction of sp³-hybridized carbons (Fsp3) is 0.800. The van der Waals surface area contributed by atoms with E-state index in [0.717, 1.165) is 19.5 Å². The van der Waals surface area contributed by atoms with E-state index in [9.17, 15) is 4.79 Å². The van der Waals surface area contributed by atoms with Crippen LogP contribution in [0.3, 0.4) is 0 Å². The van der Waals surface area contributed by atoms with Crippen LogP contribution in [0.2, 0.25) is 0 Å². The maximum atomic E-state index is 11.4. The molecule has 92 valence electrons. The second-order valence-electron chi connectivity index (χ2n) is 4.00. The molecule has 6 heteroatoms. The van der Waals surface area contributed by atoms with Gasteiger partial charge in [0.1, 0.15) is 5.84 Å². The van der Waals surface area contributed by atoms with E-state index in [-0.39, 0.29) is 18.2 Å². The first kappa shape index (κ1) is 12.8. The molecular weight excluding hydrogens is 208 g/mol. The third kappa shape index (κ3) is 3.69. The lowest BCUT2D eigenvalue weighted by atomic mass is 10.2. The summed E-state index contributed by atoms with van der Waals surface area (Å²) in [5, 5.41) is 13.9. The molecule has 0 radical (unpaired) electrons. The highest BCUT2D eigenvalue weighted by Crippen LogP contribution is 2.15. The number of likely N-dealkylation sites (N-methyl/N-ethyl adjacent to an activating group) is 1. The van der Waals surface area contributed by atoms with Crippen LogP contribution in [0, 0.1) is 0 Å². The molecule has 1 aliphatic rings. The SMILES string of the molecule is CCN1CCCC1CNC(=O)C/C(N)=N/O. The summed E-state index contributed by atoms with van der Waals surface area (Å²) in [5.74, 6) is -0.255. The predicted molar refractivity (Wildman–Crippen MR) is 61.3 cm³/mol. The molecule has 1 saturated heterocycles. The van der Waals surface area contributed by atoms with Crippen LogP contribution in [-0.4, -0.2) is 47.5 Å². The van der Waals surface area contributed by atoms with Gasteiger partial charge in [0.05, 0.1) is 6.42 Å². The van der Waals surface area contributed by atoms with Crippen molar-refractivity contribution >= 4 is 11.7 Å². The minimum absolute atomic E-state index is 0.0463. The molecule has 0 bridgehead atoms. The number of nitrogens with zero attached hydrogens (tertiary/aromatic N) is 2. The molecule has 0 aromatic carbocycles. The van der Waals surface area contributed by atoms with Crippen molar-refractivity contribution < 1.29 is 10.0 Å². The summed E-state index contributed by atoms with van der Waals surface area (Å²) in [6.45, 7) is 4.89. The number of amidine groups is 1. The van der Waals surface area contributed by atoms with Gasteiger partial charge in [-0.05, 0) is 25.9 Å². The summed E-state index contributed by atoms with van der Waals surface area (Å²) in [7, 11) is 0. The summed E-state index contributed by atoms with van der Waals surface area (Å²) in [5.41, 5.74) is 5.24. The first-order chi connectivity index (χ1) is 7.67. The number of nitrogens with two attached hydrogens (primary N) is 1. The minimum atomic E-state index is -0.196. The Morgan fingerprint density at radius 2 is 2.44 bits per heavy atom. The van der Waals surface area contributed by atoms with Crippen LogP contribution in [0.4, 0.5) is 0 Å². The van der Waals surface area contributed by atoms with E-state index in [4.69, 9.17) is 10.9 Å². The van der Waals surface area contributed by atoms with E-state index in [1.165, 1.54) is 6.42 Å². The lowest BCUT2D eigenvalue weighted by molar-refractivity contribution is -0.120. The molecule has 1 aliphatic heterocycles. The Balaban J connectivity index is 2.26. The second-order valence-corrected chi connectivity index (χ2v) is 4.00. The minimum Gasteiger partial charge on any atom is -0.409 e. The Morgan fingerprint density at radius 3 is 3.06 bits per heavy atom. The maximum absolute atomic E-state index is 11.4. The first-order valence-electron chi connectivity index (χ1n) is 5.64. The van der Waals surface area contributed by atoms with Gasteiger partial charge in [0, 0.05) is 12.6 Å². The zero-order valence-electron chi connectivity index (χ0n) is 9.65. The number of carbonyl (C=O) groups excluding carboxylic acids is 1. The molecule has 1 rings (SSSR count). The van der Waals surface area contributed by atoms with Gasteiger partial charge >= 0.3 is 0 Å². The van der Waals surface area contributed by atoms with Gasteiger partial charge in [0.2, 0.25) is 5.91 Å². The summed E-state index contributed by atoms with van der Waals surface area (Å²) in [6.07, 6.45) is 2.27. The van der Waals surface area contributed by atoms with Gasteiger partial charge < -0.3 is 16.3 Å². The van der Waals surface area contributed by atoms with E-state index < -0.39 is 0 Å². The van der Waals surface area contributed by atoms with E-state index in [2.05, 4.69) is 22.3 Å². The number of likely N-dealkylation sites (tertiary alicyclic amines) is 1. The molecule has 0 saturated carbocycles. The second kappa shape index (κ2) is 6.32. The monoisotopic (exact) mass is 228 g/mol. The molecule has 0 aromatic rings. The van der Waals surface area contributed by atoms with Crippen LogP contribution in [0.1, 0.15) is 26.2 Å². The fourth-order valence-electron chi connectivity index (χ4n) is 2.04. The molecule has 16 heavy (non-hydrogen) atoms. The van der Waals surface area contributed by atoms with Gasteiger partial charge in [0.15, 0.2) is 0 Å². The van der Waals surface area contributed by atoms with Gasteiger partial charge in [-0.15, -0.1) is 0 Å². The molecule has 1 fully saturated rings. The zero-order valence-corrected chi connectivity index (χ0v) is 9.65. The molecule has 4 N–H and O–H groups in total. The smallest absolute Gasteiger partial charge is 0.227 e. The lowest BCUT2D eigenvalue weighted by Gasteiger charge is -2.22. The van der Waals surface area contributed by atoms with E-state index >= 15 is 0 Å². The topological polar surface area (TPSA) is 91.0 Å². The number of amides is 1. The van der Waals surface area contributed by atoms with E-state index in [1.54, 1.807) is 0 Å². The molecule has 1 amide bonds. The largest absolute Gasteiger partial charge is 0.409 e. The van der Waals surface area contributed by atoms with Crippen molar-refractivity contribution in [2.75, 3.05) is 19.6 Å². The van der Waals surface area contributed by atoms with Crippen molar-refractivity contribution in [1.82, 2.24) is 10.2 Å². The number of rotatable bonds is 5. The third-order valence-electron chi connectivity index (χ3n) is 2.91. The summed E-state index contributed by atoms with van der Waals surface area (Å²) in [6, 6.07) is 0.432. The van der Waals surface area contributed by atoms with E-state index in [0.29, 0.717) is 12.6 Å². The predicted octanol–water partition coefficient (Wildman–Crippen LogP) is -0.277. The Labute approximate surface area is 95.5 Å². The van der Waals surface area contributed by atoms with Crippen molar-refractivity contribution in [3.63, 3.8) is 0 Å². The summed E-state index contributed by atoms with van der Waals surface area (Å²) in [4.78, 5) is 13.7. The molecule has 0 spiro atoms. The van der Waals surface area contributed by atoms with Crippen LogP contribution in [0.15, 0.2) is 5.16 Å². The van der Waals surface area contributed by atoms with Crippen molar-refractivity contribution in [3.05, 3.63) is 0 Å². The normalized spacial score (nSPS) is 22.3. The Kier molecular flexibility index (Phi) is 5.04. The highest BCUT2D eigenvalue weighted by Gasteiger charge is 2.23. The van der Waals surface area contributed by atoms with Crippen molar-refractivity contribution in [1.29, 1.82) is 0 Å². The molecule has 1 heterocycles. The van der Waals surface area contributed by atoms with Crippen molar-refractivity contribution in [3.8, 4) is 0 Å². The van der Waals surface area contributed by atoms with Gasteiger partial charge in [-0.1, -0.05) is 12.1 Å². The lowest BCUT2D eigenvalue weighted by Crippen LogP contribution is -2.40. The maximum Gasteiger partial charge on any atom is 0.227 e. The van der Waals surface area contributed by atoms with Crippen LogP contribution in [0.5, 0.6) is 0 Å². The highest BCUT2D eigenvalue weighted by molar-refractivity contribution is 5.98. The van der Waals surface area contributed by atoms with Crippen LogP contribution in [0.25, 0.3) is 0 Å². The quantitative estimate of drug-likeness (QED) is 0.261.